The lowest BCUT2D eigenvalue weighted by atomic mass is 10.2. The molecule has 0 unspecified atom stereocenters. The van der Waals surface area contributed by atoms with Crippen LogP contribution >= 0.6 is 0 Å². The van der Waals surface area contributed by atoms with Gasteiger partial charge in [-0.1, -0.05) is 6.07 Å². The number of hydrogen-bond acceptors (Lipinski definition) is 4. The summed E-state index contributed by atoms with van der Waals surface area (Å²) in [7, 11) is 0. The summed E-state index contributed by atoms with van der Waals surface area (Å²) in [4.78, 5) is 32.8. The normalized spacial score (nSPS) is 10.1. The number of carboxylic acids is 1. The van der Waals surface area contributed by atoms with E-state index in [0.717, 1.165) is 5.56 Å². The Bertz CT molecular complexity index is 644. The second-order valence-electron chi connectivity index (χ2n) is 4.48. The van der Waals surface area contributed by atoms with E-state index in [4.69, 9.17) is 5.11 Å². The smallest absolute Gasteiger partial charge is 0.305 e. The first kappa shape index (κ1) is 14.6. The summed E-state index contributed by atoms with van der Waals surface area (Å²) in [6.07, 6.45) is 4.48. The molecule has 2 rings (SSSR count). The molecule has 0 atom stereocenters. The summed E-state index contributed by atoms with van der Waals surface area (Å²) in [5.74, 6) is -0.780. The van der Waals surface area contributed by atoms with Gasteiger partial charge in [0.1, 0.15) is 5.82 Å². The maximum atomic E-state index is 12.6. The van der Waals surface area contributed by atoms with Crippen LogP contribution in [0, 0.1) is 6.92 Å². The van der Waals surface area contributed by atoms with E-state index in [-0.39, 0.29) is 18.9 Å². The fraction of sp³-hybridized carbons (Fsp3) is 0.200. The Kier molecular flexibility index (Phi) is 4.61. The summed E-state index contributed by atoms with van der Waals surface area (Å²) in [6.45, 7) is 1.89. The highest BCUT2D eigenvalue weighted by Crippen LogP contribution is 2.19. The standard InChI is InChI=1S/C15H15N3O3/c1-11-3-2-7-17-14(11)18(10-6-13(19)20)15(21)12-4-8-16-9-5-12/h2-5,7-9H,6,10H2,1H3,(H,19,20). The minimum absolute atomic E-state index is 0.0638. The number of aliphatic carboxylic acids is 1. The average molecular weight is 285 g/mol. The predicted molar refractivity (Wildman–Crippen MR) is 77.1 cm³/mol. The van der Waals surface area contributed by atoms with Gasteiger partial charge in [-0.05, 0) is 30.7 Å². The number of pyridine rings is 2. The van der Waals surface area contributed by atoms with Gasteiger partial charge < -0.3 is 5.11 Å². The SMILES string of the molecule is Cc1cccnc1N(CCC(=O)O)C(=O)c1ccncc1. The summed E-state index contributed by atoms with van der Waals surface area (Å²) in [5.41, 5.74) is 1.26. The number of carbonyl (C=O) groups excluding carboxylic acids is 1. The molecule has 0 fully saturated rings. The van der Waals surface area contributed by atoms with Crippen LogP contribution in [0.5, 0.6) is 0 Å². The van der Waals surface area contributed by atoms with Crippen LogP contribution in [0.4, 0.5) is 5.82 Å². The molecule has 0 spiro atoms. The van der Waals surface area contributed by atoms with Crippen LogP contribution in [0.1, 0.15) is 22.3 Å². The van der Waals surface area contributed by atoms with Crippen molar-refractivity contribution < 1.29 is 14.7 Å². The van der Waals surface area contributed by atoms with Crippen LogP contribution in [0.15, 0.2) is 42.9 Å². The first-order chi connectivity index (χ1) is 10.1. The topological polar surface area (TPSA) is 83.4 Å². The molecule has 0 bridgehead atoms. The summed E-state index contributed by atoms with van der Waals surface area (Å²) >= 11 is 0. The Hall–Kier alpha value is -2.76. The molecule has 1 amide bonds. The van der Waals surface area contributed by atoms with Gasteiger partial charge in [0.2, 0.25) is 0 Å². The molecule has 0 aliphatic carbocycles. The summed E-state index contributed by atoms with van der Waals surface area (Å²) in [6, 6.07) is 6.78. The highest BCUT2D eigenvalue weighted by molar-refractivity contribution is 6.06. The number of aryl methyl sites for hydroxylation is 1. The second-order valence-corrected chi connectivity index (χ2v) is 4.48. The van der Waals surface area contributed by atoms with Crippen molar-refractivity contribution in [2.24, 2.45) is 0 Å². The molecule has 6 heteroatoms. The van der Waals surface area contributed by atoms with Gasteiger partial charge >= 0.3 is 5.97 Å². The van der Waals surface area contributed by atoms with Crippen molar-refractivity contribution in [2.45, 2.75) is 13.3 Å². The number of anilines is 1. The third kappa shape index (κ3) is 3.62. The van der Waals surface area contributed by atoms with Crippen LogP contribution in [-0.4, -0.2) is 33.5 Å². The fourth-order valence-corrected chi connectivity index (χ4v) is 1.92. The van der Waals surface area contributed by atoms with Crippen LogP contribution in [-0.2, 0) is 4.79 Å². The third-order valence-electron chi connectivity index (χ3n) is 2.96. The van der Waals surface area contributed by atoms with Gasteiger partial charge in [0.05, 0.1) is 6.42 Å². The van der Waals surface area contributed by atoms with E-state index >= 15 is 0 Å². The van der Waals surface area contributed by atoms with Crippen molar-refractivity contribution >= 4 is 17.7 Å². The minimum atomic E-state index is -0.962. The Morgan fingerprint density at radius 3 is 2.52 bits per heavy atom. The molecule has 0 saturated carbocycles. The molecule has 21 heavy (non-hydrogen) atoms. The van der Waals surface area contributed by atoms with E-state index < -0.39 is 5.97 Å². The number of carbonyl (C=O) groups is 2. The molecule has 108 valence electrons. The Morgan fingerprint density at radius 1 is 1.19 bits per heavy atom. The first-order valence-electron chi connectivity index (χ1n) is 6.45. The molecule has 0 aromatic carbocycles. The van der Waals surface area contributed by atoms with Crippen molar-refractivity contribution in [3.8, 4) is 0 Å². The highest BCUT2D eigenvalue weighted by atomic mass is 16.4. The largest absolute Gasteiger partial charge is 0.481 e. The third-order valence-corrected chi connectivity index (χ3v) is 2.96. The van der Waals surface area contributed by atoms with Gasteiger partial charge in [0.15, 0.2) is 0 Å². The van der Waals surface area contributed by atoms with E-state index in [1.54, 1.807) is 24.4 Å². The van der Waals surface area contributed by atoms with E-state index in [2.05, 4.69) is 9.97 Å². The molecule has 0 aliphatic heterocycles. The van der Waals surface area contributed by atoms with Crippen molar-refractivity contribution in [3.05, 3.63) is 54.0 Å². The van der Waals surface area contributed by atoms with Crippen LogP contribution in [0.25, 0.3) is 0 Å². The maximum absolute atomic E-state index is 12.6. The van der Waals surface area contributed by atoms with Gasteiger partial charge in [0, 0.05) is 30.7 Å². The van der Waals surface area contributed by atoms with Crippen molar-refractivity contribution in [3.63, 3.8) is 0 Å². The van der Waals surface area contributed by atoms with Crippen LogP contribution < -0.4 is 4.90 Å². The lowest BCUT2D eigenvalue weighted by Crippen LogP contribution is -2.34. The van der Waals surface area contributed by atoms with E-state index in [1.807, 2.05) is 13.0 Å². The zero-order valence-electron chi connectivity index (χ0n) is 11.6. The maximum Gasteiger partial charge on any atom is 0.305 e. The fourth-order valence-electron chi connectivity index (χ4n) is 1.92. The van der Waals surface area contributed by atoms with E-state index in [0.29, 0.717) is 11.4 Å². The summed E-state index contributed by atoms with van der Waals surface area (Å²) in [5, 5.41) is 8.86. The van der Waals surface area contributed by atoms with Crippen LogP contribution in [0.3, 0.4) is 0 Å². The van der Waals surface area contributed by atoms with E-state index in [1.165, 1.54) is 17.3 Å². The predicted octanol–water partition coefficient (Wildman–Crippen LogP) is 1.91. The zero-order chi connectivity index (χ0) is 15.2. The average Bonchev–Trinajstić information content (AvgIpc) is 2.49. The van der Waals surface area contributed by atoms with Gasteiger partial charge in [0.25, 0.3) is 5.91 Å². The highest BCUT2D eigenvalue weighted by Gasteiger charge is 2.21. The molecule has 0 aliphatic rings. The molecule has 2 aromatic rings. The number of nitrogens with zero attached hydrogens (tertiary/aromatic N) is 3. The zero-order valence-corrected chi connectivity index (χ0v) is 11.6. The molecule has 2 heterocycles. The van der Waals surface area contributed by atoms with Crippen LogP contribution in [0.2, 0.25) is 0 Å². The molecule has 2 aromatic heterocycles. The number of rotatable bonds is 5. The summed E-state index contributed by atoms with van der Waals surface area (Å²) < 4.78 is 0. The molecule has 0 saturated heterocycles. The molecule has 6 nitrogen and oxygen atoms in total. The monoisotopic (exact) mass is 285 g/mol. The molecule has 0 radical (unpaired) electrons. The lowest BCUT2D eigenvalue weighted by Gasteiger charge is -2.22. The quantitative estimate of drug-likeness (QED) is 0.907. The Labute approximate surface area is 122 Å². The number of carboxylic acid groups (broad SMARTS) is 1. The molecular weight excluding hydrogens is 270 g/mol. The van der Waals surface area contributed by atoms with Gasteiger partial charge in [-0.15, -0.1) is 0 Å². The van der Waals surface area contributed by atoms with E-state index in [9.17, 15) is 9.59 Å². The van der Waals surface area contributed by atoms with Crippen molar-refractivity contribution in [1.29, 1.82) is 0 Å². The number of hydrogen-bond donors (Lipinski definition) is 1. The van der Waals surface area contributed by atoms with Crippen molar-refractivity contribution in [1.82, 2.24) is 9.97 Å². The van der Waals surface area contributed by atoms with Crippen molar-refractivity contribution in [2.75, 3.05) is 11.4 Å². The number of amides is 1. The second kappa shape index (κ2) is 6.60. The minimum Gasteiger partial charge on any atom is -0.481 e. The lowest BCUT2D eigenvalue weighted by molar-refractivity contribution is -0.136. The number of aromatic nitrogens is 2. The Morgan fingerprint density at radius 2 is 1.90 bits per heavy atom. The molecule has 1 N–H and O–H groups in total. The van der Waals surface area contributed by atoms with Gasteiger partial charge in [-0.2, -0.15) is 0 Å². The Balaban J connectivity index is 2.34. The van der Waals surface area contributed by atoms with Gasteiger partial charge in [-0.3, -0.25) is 19.5 Å². The molecular formula is C15H15N3O3. The van der Waals surface area contributed by atoms with Gasteiger partial charge in [-0.25, -0.2) is 4.98 Å². The first-order valence-corrected chi connectivity index (χ1v) is 6.45.